The first-order chi connectivity index (χ1) is 15.1. The zero-order valence-electron chi connectivity index (χ0n) is 19.2. The van der Waals surface area contributed by atoms with Gasteiger partial charge in [0, 0.05) is 11.5 Å². The van der Waals surface area contributed by atoms with E-state index in [1.54, 1.807) is 7.11 Å². The van der Waals surface area contributed by atoms with Crippen molar-refractivity contribution in [3.8, 4) is 17.0 Å². The summed E-state index contributed by atoms with van der Waals surface area (Å²) in [6.07, 6.45) is 11.2. The van der Waals surface area contributed by atoms with Crippen LogP contribution in [0.3, 0.4) is 0 Å². The zero-order valence-corrected chi connectivity index (χ0v) is 19.2. The summed E-state index contributed by atoms with van der Waals surface area (Å²) in [6.45, 7) is 4.00. The van der Waals surface area contributed by atoms with Crippen LogP contribution >= 0.6 is 0 Å². The smallest absolute Gasteiger partial charge is 0.228 e. The molecule has 2 aliphatic carbocycles. The molecule has 4 rings (SSSR count). The predicted molar refractivity (Wildman–Crippen MR) is 124 cm³/mol. The first kappa shape index (κ1) is 21.8. The van der Waals surface area contributed by atoms with Crippen LogP contribution in [0.2, 0.25) is 0 Å². The Morgan fingerprint density at radius 1 is 1.19 bits per heavy atom. The van der Waals surface area contributed by atoms with Gasteiger partial charge in [-0.1, -0.05) is 46.0 Å². The van der Waals surface area contributed by atoms with Gasteiger partial charge in [0.25, 0.3) is 0 Å². The highest BCUT2D eigenvalue weighted by molar-refractivity contribution is 5.92. The highest BCUT2D eigenvalue weighted by Gasteiger charge is 2.24. The number of aromatic nitrogens is 2. The van der Waals surface area contributed by atoms with Gasteiger partial charge in [-0.3, -0.25) is 4.79 Å². The topological polar surface area (TPSA) is 64.1 Å². The minimum atomic E-state index is -0.0304. The predicted octanol–water partition coefficient (Wildman–Crippen LogP) is 5.75. The van der Waals surface area contributed by atoms with Crippen LogP contribution in [0.5, 0.6) is 5.75 Å². The van der Waals surface area contributed by atoms with Gasteiger partial charge in [-0.25, -0.2) is 9.97 Å². The zero-order chi connectivity index (χ0) is 21.8. The van der Waals surface area contributed by atoms with Crippen molar-refractivity contribution >= 4 is 11.7 Å². The molecule has 166 valence electrons. The summed E-state index contributed by atoms with van der Waals surface area (Å²) in [5, 5.41) is 3.11. The molecule has 1 amide bonds. The molecule has 1 saturated carbocycles. The van der Waals surface area contributed by atoms with Gasteiger partial charge in [-0.15, -0.1) is 0 Å². The van der Waals surface area contributed by atoms with Crippen LogP contribution in [0.15, 0.2) is 18.2 Å². The Kier molecular flexibility index (Phi) is 6.89. The van der Waals surface area contributed by atoms with Gasteiger partial charge in [0.2, 0.25) is 5.91 Å². The van der Waals surface area contributed by atoms with Gasteiger partial charge >= 0.3 is 0 Å². The molecule has 0 radical (unpaired) electrons. The minimum Gasteiger partial charge on any atom is -0.497 e. The van der Waals surface area contributed by atoms with Crippen molar-refractivity contribution in [1.82, 2.24) is 9.97 Å². The fourth-order valence-electron chi connectivity index (χ4n) is 4.80. The second kappa shape index (κ2) is 9.80. The van der Waals surface area contributed by atoms with Crippen LogP contribution in [-0.4, -0.2) is 23.0 Å². The Morgan fingerprint density at radius 2 is 2.00 bits per heavy atom. The fraction of sp³-hybridized carbons (Fsp3) is 0.577. The summed E-state index contributed by atoms with van der Waals surface area (Å²) in [4.78, 5) is 22.7. The van der Waals surface area contributed by atoms with Crippen molar-refractivity contribution in [2.45, 2.75) is 78.1 Å². The Hall–Kier alpha value is -2.43. The number of carbonyl (C=O) groups is 1. The molecule has 1 N–H and O–H groups in total. The monoisotopic (exact) mass is 421 g/mol. The van der Waals surface area contributed by atoms with Gasteiger partial charge in [-0.05, 0) is 61.8 Å². The molecule has 0 saturated heterocycles. The van der Waals surface area contributed by atoms with Crippen LogP contribution in [0.1, 0.15) is 75.7 Å². The summed E-state index contributed by atoms with van der Waals surface area (Å²) in [6, 6.07) is 6.21. The normalized spacial score (nSPS) is 16.9. The lowest BCUT2D eigenvalue weighted by Gasteiger charge is -2.24. The number of nitrogens with zero attached hydrogens (tertiary/aromatic N) is 2. The molecule has 2 aromatic rings. The molecule has 31 heavy (non-hydrogen) atoms. The van der Waals surface area contributed by atoms with Crippen LogP contribution in [-0.2, 0) is 24.1 Å². The first-order valence-electron chi connectivity index (χ1n) is 12.0. The maximum Gasteiger partial charge on any atom is 0.228 e. The largest absolute Gasteiger partial charge is 0.497 e. The third-order valence-electron chi connectivity index (χ3n) is 7.05. The second-order valence-corrected chi connectivity index (χ2v) is 9.18. The van der Waals surface area contributed by atoms with E-state index in [0.29, 0.717) is 5.82 Å². The SMILES string of the molecule is CCC(C)C(=O)Nc1nc2c(nc1CCC1CCCCC1)-c1ccc(OC)cc1CC2. The number of fused-ring (bicyclic) bond motifs is 3. The lowest BCUT2D eigenvalue weighted by Crippen LogP contribution is -2.23. The van der Waals surface area contributed by atoms with Gasteiger partial charge in [0.1, 0.15) is 5.75 Å². The molecular formula is C26H35N3O2. The highest BCUT2D eigenvalue weighted by atomic mass is 16.5. The van der Waals surface area contributed by atoms with Crippen LogP contribution in [0, 0.1) is 11.8 Å². The van der Waals surface area contributed by atoms with Crippen molar-refractivity contribution in [2.24, 2.45) is 11.8 Å². The number of rotatable bonds is 7. The number of hydrogen-bond acceptors (Lipinski definition) is 4. The molecule has 2 aliphatic rings. The molecule has 5 heteroatoms. The highest BCUT2D eigenvalue weighted by Crippen LogP contribution is 2.36. The molecule has 0 aliphatic heterocycles. The standard InChI is InChI=1S/C26H35N3O2/c1-4-17(2)26(30)29-25-23(14-10-18-8-6-5-7-9-18)27-24-21-13-12-20(31-3)16-19(21)11-15-22(24)28-25/h12-13,16-18H,4-11,14-15H2,1-3H3,(H,28,29,30). The maximum atomic E-state index is 12.6. The van der Waals surface area contributed by atoms with Crippen molar-refractivity contribution in [3.63, 3.8) is 0 Å². The molecule has 1 aromatic heterocycles. The molecule has 1 fully saturated rings. The lowest BCUT2D eigenvalue weighted by atomic mass is 9.85. The Morgan fingerprint density at radius 3 is 2.74 bits per heavy atom. The summed E-state index contributed by atoms with van der Waals surface area (Å²) in [5.41, 5.74) is 5.30. The van der Waals surface area contributed by atoms with E-state index in [9.17, 15) is 4.79 Å². The van der Waals surface area contributed by atoms with Gasteiger partial charge in [0.15, 0.2) is 5.82 Å². The van der Waals surface area contributed by atoms with Gasteiger partial charge in [0.05, 0.1) is 24.2 Å². The average Bonchev–Trinajstić information content (AvgIpc) is 2.82. The van der Waals surface area contributed by atoms with Gasteiger partial charge in [-0.2, -0.15) is 0 Å². The number of carbonyl (C=O) groups excluding carboxylic acids is 1. The average molecular weight is 422 g/mol. The van der Waals surface area contributed by atoms with Crippen LogP contribution in [0.25, 0.3) is 11.3 Å². The molecular weight excluding hydrogens is 386 g/mol. The second-order valence-electron chi connectivity index (χ2n) is 9.18. The van der Waals surface area contributed by atoms with E-state index in [-0.39, 0.29) is 11.8 Å². The summed E-state index contributed by atoms with van der Waals surface area (Å²) in [7, 11) is 1.70. The van der Waals surface area contributed by atoms with E-state index in [4.69, 9.17) is 14.7 Å². The van der Waals surface area contributed by atoms with Crippen LogP contribution in [0.4, 0.5) is 5.82 Å². The van der Waals surface area contributed by atoms with E-state index >= 15 is 0 Å². The van der Waals surface area contributed by atoms with Crippen molar-refractivity contribution < 1.29 is 9.53 Å². The van der Waals surface area contributed by atoms with E-state index < -0.39 is 0 Å². The molecule has 1 heterocycles. The number of nitrogens with one attached hydrogen (secondary N) is 1. The molecule has 0 bridgehead atoms. The van der Waals surface area contributed by atoms with E-state index in [2.05, 4.69) is 17.4 Å². The van der Waals surface area contributed by atoms with E-state index in [1.165, 1.54) is 37.7 Å². The molecule has 0 spiro atoms. The number of amides is 1. The minimum absolute atomic E-state index is 0.0304. The number of aryl methyl sites for hydroxylation is 3. The summed E-state index contributed by atoms with van der Waals surface area (Å²) < 4.78 is 5.41. The maximum absolute atomic E-state index is 12.6. The third kappa shape index (κ3) is 4.91. The quantitative estimate of drug-likeness (QED) is 0.618. The number of methoxy groups -OCH3 is 1. The van der Waals surface area contributed by atoms with E-state index in [1.807, 2.05) is 19.9 Å². The van der Waals surface area contributed by atoms with E-state index in [0.717, 1.165) is 66.4 Å². The first-order valence-corrected chi connectivity index (χ1v) is 12.0. The molecule has 1 atom stereocenters. The number of ether oxygens (including phenoxy) is 1. The Bertz CT molecular complexity index is 934. The van der Waals surface area contributed by atoms with Crippen molar-refractivity contribution in [2.75, 3.05) is 12.4 Å². The Balaban J connectivity index is 1.66. The summed E-state index contributed by atoms with van der Waals surface area (Å²) >= 11 is 0. The molecule has 5 nitrogen and oxygen atoms in total. The van der Waals surface area contributed by atoms with Crippen molar-refractivity contribution in [3.05, 3.63) is 35.2 Å². The number of hydrogen-bond donors (Lipinski definition) is 1. The van der Waals surface area contributed by atoms with Gasteiger partial charge < -0.3 is 10.1 Å². The Labute approximate surface area is 186 Å². The summed E-state index contributed by atoms with van der Waals surface area (Å²) in [5.74, 6) is 2.33. The lowest BCUT2D eigenvalue weighted by molar-refractivity contribution is -0.119. The van der Waals surface area contributed by atoms with Crippen molar-refractivity contribution in [1.29, 1.82) is 0 Å². The molecule has 1 aromatic carbocycles. The third-order valence-corrected chi connectivity index (χ3v) is 7.05. The molecule has 1 unspecified atom stereocenters. The number of benzene rings is 1. The number of anilines is 1. The van der Waals surface area contributed by atoms with Crippen LogP contribution < -0.4 is 10.1 Å². The fourth-order valence-corrected chi connectivity index (χ4v) is 4.80.